The molecule has 1 fully saturated rings. The standard InChI is InChI=1S/C26H22IN7/c1-32-10-6-19-14-20(16-30-24(19)32)23-22(18-4-2-17(15-28)3-5-18)31-26(25-29-9-13-34(23)25)33-11-7-21(27)8-12-33/h2-6,9-10,13-14,16,21H,7-8,11-12H2,1H3. The van der Waals surface area contributed by atoms with E-state index in [9.17, 15) is 5.26 Å². The summed E-state index contributed by atoms with van der Waals surface area (Å²) in [5.41, 5.74) is 6.17. The Bertz CT molecular complexity index is 1550. The van der Waals surface area contributed by atoms with Gasteiger partial charge in [0, 0.05) is 65.4 Å². The number of benzene rings is 1. The van der Waals surface area contributed by atoms with Crippen molar-refractivity contribution in [1.29, 1.82) is 5.26 Å². The van der Waals surface area contributed by atoms with Crippen molar-refractivity contribution in [3.05, 3.63) is 66.7 Å². The van der Waals surface area contributed by atoms with Crippen LogP contribution in [0.3, 0.4) is 0 Å². The topological polar surface area (TPSA) is 75.0 Å². The van der Waals surface area contributed by atoms with Crippen LogP contribution in [0.4, 0.5) is 5.82 Å². The van der Waals surface area contributed by atoms with Gasteiger partial charge in [0.05, 0.1) is 23.0 Å². The number of aryl methyl sites for hydroxylation is 1. The number of aromatic nitrogens is 5. The number of rotatable bonds is 3. The molecule has 0 radical (unpaired) electrons. The number of nitriles is 1. The molecule has 0 N–H and O–H groups in total. The van der Waals surface area contributed by atoms with Crippen LogP contribution in [0.25, 0.3) is 39.2 Å². The van der Waals surface area contributed by atoms with Crippen molar-refractivity contribution in [3.8, 4) is 28.6 Å². The minimum absolute atomic E-state index is 0.630. The van der Waals surface area contributed by atoms with E-state index in [2.05, 4.69) is 50.1 Å². The zero-order chi connectivity index (χ0) is 23.2. The number of alkyl halides is 1. The van der Waals surface area contributed by atoms with E-state index >= 15 is 0 Å². The molecule has 0 amide bonds. The van der Waals surface area contributed by atoms with Crippen LogP contribution in [0.15, 0.2) is 61.2 Å². The fourth-order valence-corrected chi connectivity index (χ4v) is 5.27. The van der Waals surface area contributed by atoms with Crippen LogP contribution < -0.4 is 4.90 Å². The summed E-state index contributed by atoms with van der Waals surface area (Å²) in [5.74, 6) is 0.908. The SMILES string of the molecule is Cn1ccc2cc(-c3c(-c4ccc(C#N)cc4)nc(N4CCC(I)CC4)c4nccn34)cnc21. The van der Waals surface area contributed by atoms with Gasteiger partial charge in [-0.3, -0.25) is 4.40 Å². The second kappa shape index (κ2) is 8.40. The molecule has 0 spiro atoms. The number of piperidine rings is 1. The Morgan fingerprint density at radius 2 is 1.79 bits per heavy atom. The highest BCUT2D eigenvalue weighted by Gasteiger charge is 2.25. The van der Waals surface area contributed by atoms with Gasteiger partial charge >= 0.3 is 0 Å². The fourth-order valence-electron chi connectivity index (χ4n) is 4.71. The summed E-state index contributed by atoms with van der Waals surface area (Å²) in [4.78, 5) is 17.0. The van der Waals surface area contributed by atoms with E-state index in [-0.39, 0.29) is 0 Å². The van der Waals surface area contributed by atoms with Crippen LogP contribution in [0.2, 0.25) is 0 Å². The third-order valence-corrected chi connectivity index (χ3v) is 7.76. The predicted molar refractivity (Wildman–Crippen MR) is 142 cm³/mol. The highest BCUT2D eigenvalue weighted by atomic mass is 127. The second-order valence-electron chi connectivity index (χ2n) is 8.67. The van der Waals surface area contributed by atoms with Gasteiger partial charge in [-0.1, -0.05) is 34.7 Å². The lowest BCUT2D eigenvalue weighted by Crippen LogP contribution is -2.35. The molecule has 1 aliphatic heterocycles. The molecule has 8 heteroatoms. The highest BCUT2D eigenvalue weighted by Crippen LogP contribution is 2.36. The number of hydrogen-bond acceptors (Lipinski definition) is 5. The van der Waals surface area contributed by atoms with Crippen molar-refractivity contribution < 1.29 is 0 Å². The van der Waals surface area contributed by atoms with Crippen LogP contribution in [-0.2, 0) is 7.05 Å². The van der Waals surface area contributed by atoms with Crippen LogP contribution in [-0.4, -0.2) is 40.9 Å². The Kier molecular flexibility index (Phi) is 5.21. The summed E-state index contributed by atoms with van der Waals surface area (Å²) >= 11 is 2.54. The lowest BCUT2D eigenvalue weighted by Gasteiger charge is -2.31. The Hall–Kier alpha value is -3.45. The first kappa shape index (κ1) is 21.1. The van der Waals surface area contributed by atoms with Gasteiger partial charge in [-0.05, 0) is 37.1 Å². The molecule has 1 aliphatic rings. The van der Waals surface area contributed by atoms with E-state index in [1.807, 2.05) is 60.7 Å². The summed E-state index contributed by atoms with van der Waals surface area (Å²) in [5, 5.41) is 10.4. The maximum atomic E-state index is 9.29. The molecule has 0 unspecified atom stereocenters. The third kappa shape index (κ3) is 3.51. The quantitative estimate of drug-likeness (QED) is 0.224. The summed E-state index contributed by atoms with van der Waals surface area (Å²) in [6, 6.07) is 14.1. The van der Waals surface area contributed by atoms with E-state index in [1.54, 1.807) is 0 Å². The molecule has 0 atom stereocenters. The van der Waals surface area contributed by atoms with Gasteiger partial charge in [-0.15, -0.1) is 0 Å². The van der Waals surface area contributed by atoms with E-state index in [4.69, 9.17) is 15.0 Å². The molecule has 1 aromatic carbocycles. The average Bonchev–Trinajstić information content (AvgIpc) is 3.50. The molecule has 5 aromatic rings. The van der Waals surface area contributed by atoms with Gasteiger partial charge in [0.25, 0.3) is 0 Å². The molecular weight excluding hydrogens is 537 g/mol. The van der Waals surface area contributed by atoms with Crippen molar-refractivity contribution in [2.45, 2.75) is 16.8 Å². The molecule has 0 bridgehead atoms. The first-order chi connectivity index (χ1) is 16.6. The van der Waals surface area contributed by atoms with E-state index in [0.29, 0.717) is 9.49 Å². The van der Waals surface area contributed by atoms with Crippen molar-refractivity contribution in [2.75, 3.05) is 18.0 Å². The summed E-state index contributed by atoms with van der Waals surface area (Å²) in [6.45, 7) is 1.93. The monoisotopic (exact) mass is 559 g/mol. The highest BCUT2D eigenvalue weighted by molar-refractivity contribution is 14.1. The van der Waals surface area contributed by atoms with Gasteiger partial charge in [0.1, 0.15) is 5.65 Å². The normalized spacial score (nSPS) is 14.7. The Morgan fingerprint density at radius 1 is 1.00 bits per heavy atom. The van der Waals surface area contributed by atoms with Crippen molar-refractivity contribution >= 4 is 45.1 Å². The van der Waals surface area contributed by atoms with Crippen molar-refractivity contribution in [3.63, 3.8) is 0 Å². The Morgan fingerprint density at radius 3 is 2.56 bits per heavy atom. The van der Waals surface area contributed by atoms with Crippen molar-refractivity contribution in [2.24, 2.45) is 7.05 Å². The molecule has 4 aromatic heterocycles. The number of anilines is 1. The molecule has 0 aliphatic carbocycles. The van der Waals surface area contributed by atoms with Gasteiger partial charge in [-0.25, -0.2) is 15.0 Å². The first-order valence-electron chi connectivity index (χ1n) is 11.3. The van der Waals surface area contributed by atoms with Gasteiger partial charge < -0.3 is 9.47 Å². The Balaban J connectivity index is 1.61. The lowest BCUT2D eigenvalue weighted by molar-refractivity contribution is 0.600. The molecule has 5 heterocycles. The molecule has 1 saturated heterocycles. The van der Waals surface area contributed by atoms with E-state index in [0.717, 1.165) is 70.9 Å². The van der Waals surface area contributed by atoms with E-state index in [1.165, 1.54) is 0 Å². The van der Waals surface area contributed by atoms with Gasteiger partial charge in [0.2, 0.25) is 0 Å². The largest absolute Gasteiger partial charge is 0.353 e. The predicted octanol–water partition coefficient (Wildman–Crippen LogP) is 5.23. The first-order valence-corrected chi connectivity index (χ1v) is 12.5. The lowest BCUT2D eigenvalue weighted by atomic mass is 10.0. The maximum Gasteiger partial charge on any atom is 0.180 e. The third-order valence-electron chi connectivity index (χ3n) is 6.52. The van der Waals surface area contributed by atoms with Crippen molar-refractivity contribution in [1.82, 2.24) is 23.9 Å². The van der Waals surface area contributed by atoms with Crippen LogP contribution in [0.5, 0.6) is 0 Å². The van der Waals surface area contributed by atoms with E-state index < -0.39 is 0 Å². The second-order valence-corrected chi connectivity index (χ2v) is 10.4. The number of imidazole rings is 1. The number of halogens is 1. The molecule has 0 saturated carbocycles. The van der Waals surface area contributed by atoms with Gasteiger partial charge in [-0.2, -0.15) is 5.26 Å². The van der Waals surface area contributed by atoms with Crippen LogP contribution in [0, 0.1) is 11.3 Å². The zero-order valence-electron chi connectivity index (χ0n) is 18.7. The molecular formula is C26H22IN7. The number of nitrogens with zero attached hydrogens (tertiary/aromatic N) is 7. The molecule has 34 heavy (non-hydrogen) atoms. The minimum atomic E-state index is 0.630. The maximum absolute atomic E-state index is 9.29. The minimum Gasteiger partial charge on any atom is -0.353 e. The molecule has 6 rings (SSSR count). The summed E-state index contributed by atoms with van der Waals surface area (Å²) in [6.07, 6.45) is 10.0. The zero-order valence-corrected chi connectivity index (χ0v) is 20.8. The fraction of sp³-hybridized carbons (Fsp3) is 0.231. The molecule has 7 nitrogen and oxygen atoms in total. The summed E-state index contributed by atoms with van der Waals surface area (Å²) in [7, 11) is 2.00. The molecule has 168 valence electrons. The Labute approximate surface area is 210 Å². The van der Waals surface area contributed by atoms with Gasteiger partial charge in [0.15, 0.2) is 11.5 Å². The number of pyridine rings is 1. The number of fused-ring (bicyclic) bond motifs is 2. The van der Waals surface area contributed by atoms with Crippen LogP contribution >= 0.6 is 22.6 Å². The summed E-state index contributed by atoms with van der Waals surface area (Å²) < 4.78 is 4.86. The van der Waals surface area contributed by atoms with Crippen LogP contribution in [0.1, 0.15) is 18.4 Å². The smallest absolute Gasteiger partial charge is 0.180 e. The number of hydrogen-bond donors (Lipinski definition) is 0. The average molecular weight is 559 g/mol.